The Morgan fingerprint density at radius 2 is 1.65 bits per heavy atom. The molecule has 2 aromatic carbocycles. The molecule has 3 aromatic rings. The minimum atomic E-state index is -0.893. The summed E-state index contributed by atoms with van der Waals surface area (Å²) in [7, 11) is 2.86. The summed E-state index contributed by atoms with van der Waals surface area (Å²) in [5.41, 5.74) is 2.82. The average molecular weight is 463 g/mol. The molecule has 8 nitrogen and oxygen atoms in total. The molecule has 34 heavy (non-hydrogen) atoms. The Kier molecular flexibility index (Phi) is 5.93. The Labute approximate surface area is 195 Å². The van der Waals surface area contributed by atoms with Crippen LogP contribution in [-0.4, -0.2) is 36.6 Å². The minimum absolute atomic E-state index is 0.138. The predicted molar refractivity (Wildman–Crippen MR) is 124 cm³/mol. The number of ether oxygens (including phenoxy) is 2. The van der Waals surface area contributed by atoms with Gasteiger partial charge in [-0.3, -0.25) is 14.9 Å². The number of carbonyl (C=O) groups is 3. The number of aromatic nitrogens is 1. The first-order chi connectivity index (χ1) is 16.2. The van der Waals surface area contributed by atoms with E-state index in [-0.39, 0.29) is 22.8 Å². The van der Waals surface area contributed by atoms with Gasteiger partial charge >= 0.3 is 6.03 Å². The topological polar surface area (TPSA) is 89.9 Å². The van der Waals surface area contributed by atoms with Crippen LogP contribution in [0.2, 0.25) is 0 Å². The van der Waals surface area contributed by atoms with Crippen LogP contribution in [0.5, 0.6) is 11.5 Å². The number of nitrogens with zero attached hydrogens (tertiary/aromatic N) is 2. The molecule has 0 radical (unpaired) electrons. The van der Waals surface area contributed by atoms with Crippen LogP contribution in [0.3, 0.4) is 0 Å². The number of amides is 4. The van der Waals surface area contributed by atoms with Crippen molar-refractivity contribution in [2.24, 2.45) is 0 Å². The fourth-order valence-electron chi connectivity index (χ4n) is 3.92. The molecule has 4 rings (SSSR count). The van der Waals surface area contributed by atoms with Crippen LogP contribution in [0.25, 0.3) is 11.8 Å². The third-order valence-corrected chi connectivity index (χ3v) is 5.58. The lowest BCUT2D eigenvalue weighted by Gasteiger charge is -2.27. The largest absolute Gasteiger partial charge is 0.497 e. The molecule has 4 amide bonds. The van der Waals surface area contributed by atoms with Gasteiger partial charge in [0.15, 0.2) is 0 Å². The number of nitrogens with one attached hydrogen (secondary N) is 1. The molecule has 0 spiro atoms. The van der Waals surface area contributed by atoms with Gasteiger partial charge in [-0.25, -0.2) is 14.1 Å². The van der Waals surface area contributed by atoms with Crippen LogP contribution < -0.4 is 19.7 Å². The number of imide groups is 2. The summed E-state index contributed by atoms with van der Waals surface area (Å²) in [4.78, 5) is 39.5. The Bertz CT molecular complexity index is 1340. The van der Waals surface area contributed by atoms with Gasteiger partial charge in [0, 0.05) is 23.1 Å². The summed E-state index contributed by atoms with van der Waals surface area (Å²) in [5.74, 6) is -1.29. The quantitative estimate of drug-likeness (QED) is 0.458. The number of rotatable bonds is 5. The monoisotopic (exact) mass is 463 g/mol. The van der Waals surface area contributed by atoms with Gasteiger partial charge in [-0.1, -0.05) is 0 Å². The summed E-state index contributed by atoms with van der Waals surface area (Å²) in [6, 6.07) is 11.6. The third kappa shape index (κ3) is 3.92. The molecule has 0 unspecified atom stereocenters. The minimum Gasteiger partial charge on any atom is -0.497 e. The van der Waals surface area contributed by atoms with Gasteiger partial charge in [-0.05, 0) is 68.0 Å². The highest BCUT2D eigenvalue weighted by Crippen LogP contribution is 2.35. The summed E-state index contributed by atoms with van der Waals surface area (Å²) < 4.78 is 25.8. The lowest BCUT2D eigenvalue weighted by molar-refractivity contribution is -0.122. The highest BCUT2D eigenvalue weighted by Gasteiger charge is 2.38. The number of barbiturate groups is 1. The molecule has 1 aliphatic heterocycles. The van der Waals surface area contributed by atoms with Crippen molar-refractivity contribution in [2.75, 3.05) is 19.1 Å². The number of benzene rings is 2. The van der Waals surface area contributed by atoms with Gasteiger partial charge in [0.2, 0.25) is 0 Å². The van der Waals surface area contributed by atoms with Crippen molar-refractivity contribution in [1.29, 1.82) is 0 Å². The van der Waals surface area contributed by atoms with Gasteiger partial charge in [0.1, 0.15) is 22.9 Å². The number of urea groups is 1. The molecule has 1 N–H and O–H groups in total. The summed E-state index contributed by atoms with van der Waals surface area (Å²) in [6.07, 6.45) is 1.44. The van der Waals surface area contributed by atoms with Crippen molar-refractivity contribution in [3.05, 3.63) is 76.9 Å². The van der Waals surface area contributed by atoms with E-state index in [0.717, 1.165) is 22.0 Å². The number of methoxy groups -OCH3 is 2. The summed E-state index contributed by atoms with van der Waals surface area (Å²) in [6.45, 7) is 3.68. The summed E-state index contributed by atoms with van der Waals surface area (Å²) in [5, 5.41) is 2.21. The van der Waals surface area contributed by atoms with E-state index in [1.54, 1.807) is 30.3 Å². The second kappa shape index (κ2) is 8.86. The van der Waals surface area contributed by atoms with Crippen LogP contribution in [0, 0.1) is 19.7 Å². The lowest BCUT2D eigenvalue weighted by atomic mass is 10.1. The van der Waals surface area contributed by atoms with E-state index >= 15 is 0 Å². The highest BCUT2D eigenvalue weighted by molar-refractivity contribution is 6.39. The molecule has 1 aliphatic rings. The maximum atomic E-state index is 13.4. The standard InChI is InChI=1S/C25H22FN3O5/c1-14-11-16(15(2)28(14)18-7-5-17(26)6-8-18)12-20-23(30)27-25(32)29(24(20)31)21-13-19(33-3)9-10-22(21)34-4/h5-13H,1-4H3,(H,27,30,32)/b20-12-. The maximum Gasteiger partial charge on any atom is 0.336 e. The zero-order chi connectivity index (χ0) is 24.6. The van der Waals surface area contributed by atoms with E-state index in [2.05, 4.69) is 5.32 Å². The molecule has 1 fully saturated rings. The maximum absolute atomic E-state index is 13.4. The molecular weight excluding hydrogens is 441 g/mol. The average Bonchev–Trinajstić information content (AvgIpc) is 3.09. The number of halogens is 1. The zero-order valence-corrected chi connectivity index (χ0v) is 19.0. The van der Waals surface area contributed by atoms with Crippen molar-refractivity contribution in [1.82, 2.24) is 9.88 Å². The van der Waals surface area contributed by atoms with E-state index in [9.17, 15) is 18.8 Å². The highest BCUT2D eigenvalue weighted by atomic mass is 19.1. The van der Waals surface area contributed by atoms with Gasteiger partial charge in [0.25, 0.3) is 11.8 Å². The number of hydrogen-bond acceptors (Lipinski definition) is 5. The second-order valence-corrected chi connectivity index (χ2v) is 7.63. The van der Waals surface area contributed by atoms with Crippen LogP contribution in [0.4, 0.5) is 14.9 Å². The van der Waals surface area contributed by atoms with Gasteiger partial charge in [-0.15, -0.1) is 0 Å². The molecule has 2 heterocycles. The van der Waals surface area contributed by atoms with Crippen LogP contribution in [0.1, 0.15) is 17.0 Å². The number of carbonyl (C=O) groups excluding carboxylic acids is 3. The summed E-state index contributed by atoms with van der Waals surface area (Å²) >= 11 is 0. The molecule has 0 aliphatic carbocycles. The first-order valence-corrected chi connectivity index (χ1v) is 10.3. The Hall–Kier alpha value is -4.40. The van der Waals surface area contributed by atoms with Gasteiger partial charge in [0.05, 0.1) is 19.9 Å². The molecule has 0 bridgehead atoms. The first-order valence-electron chi connectivity index (χ1n) is 10.3. The smallest absolute Gasteiger partial charge is 0.336 e. The number of aryl methyl sites for hydroxylation is 1. The van der Waals surface area contributed by atoms with Gasteiger partial charge < -0.3 is 14.0 Å². The van der Waals surface area contributed by atoms with Crippen molar-refractivity contribution >= 4 is 29.6 Å². The zero-order valence-electron chi connectivity index (χ0n) is 19.0. The molecule has 9 heteroatoms. The van der Waals surface area contributed by atoms with E-state index in [0.29, 0.717) is 11.3 Å². The molecule has 1 saturated heterocycles. The number of hydrogen-bond donors (Lipinski definition) is 1. The van der Waals surface area contributed by atoms with Gasteiger partial charge in [-0.2, -0.15) is 0 Å². The molecule has 174 valence electrons. The lowest BCUT2D eigenvalue weighted by Crippen LogP contribution is -2.54. The van der Waals surface area contributed by atoms with Crippen molar-refractivity contribution < 1.29 is 28.2 Å². The van der Waals surface area contributed by atoms with E-state index in [1.807, 2.05) is 18.4 Å². The molecule has 0 atom stereocenters. The van der Waals surface area contributed by atoms with Crippen LogP contribution in [0.15, 0.2) is 54.1 Å². The Balaban J connectivity index is 1.78. The first kappa shape index (κ1) is 22.8. The van der Waals surface area contributed by atoms with Crippen molar-refractivity contribution in [2.45, 2.75) is 13.8 Å². The molecule has 0 saturated carbocycles. The predicted octanol–water partition coefficient (Wildman–Crippen LogP) is 3.92. The van der Waals surface area contributed by atoms with E-state index in [1.165, 1.54) is 38.5 Å². The third-order valence-electron chi connectivity index (χ3n) is 5.58. The van der Waals surface area contributed by atoms with Crippen LogP contribution >= 0.6 is 0 Å². The Morgan fingerprint density at radius 1 is 0.941 bits per heavy atom. The van der Waals surface area contributed by atoms with Crippen molar-refractivity contribution in [3.63, 3.8) is 0 Å². The molecule has 1 aromatic heterocycles. The molecular formula is C25H22FN3O5. The fourth-order valence-corrected chi connectivity index (χ4v) is 3.92. The SMILES string of the molecule is COc1ccc(OC)c(N2C(=O)NC(=O)/C(=C/c3cc(C)n(-c4ccc(F)cc4)c3C)C2=O)c1. The van der Waals surface area contributed by atoms with E-state index < -0.39 is 17.8 Å². The number of anilines is 1. The van der Waals surface area contributed by atoms with E-state index in [4.69, 9.17) is 9.47 Å². The van der Waals surface area contributed by atoms with Crippen molar-refractivity contribution in [3.8, 4) is 17.2 Å². The van der Waals surface area contributed by atoms with Crippen LogP contribution in [-0.2, 0) is 9.59 Å². The fraction of sp³-hybridized carbons (Fsp3) is 0.160. The normalized spacial score (nSPS) is 15.0. The second-order valence-electron chi connectivity index (χ2n) is 7.63. The Morgan fingerprint density at radius 3 is 2.29 bits per heavy atom.